The fourth-order valence-electron chi connectivity index (χ4n) is 5.65. The second-order valence-electron chi connectivity index (χ2n) is 10.1. The molecular formula is C28H36N2O3. The quantitative estimate of drug-likeness (QED) is 0.668. The van der Waals surface area contributed by atoms with Gasteiger partial charge in [-0.1, -0.05) is 31.2 Å². The van der Waals surface area contributed by atoms with E-state index in [1.165, 1.54) is 24.1 Å². The second kappa shape index (κ2) is 9.11. The highest BCUT2D eigenvalue weighted by Gasteiger charge is 2.41. The van der Waals surface area contributed by atoms with E-state index >= 15 is 0 Å². The molecule has 5 rings (SSSR count). The van der Waals surface area contributed by atoms with E-state index < -0.39 is 0 Å². The van der Waals surface area contributed by atoms with E-state index in [9.17, 15) is 4.79 Å². The molecule has 3 aliphatic heterocycles. The molecule has 176 valence electrons. The summed E-state index contributed by atoms with van der Waals surface area (Å²) in [5.41, 5.74) is 4.66. The maximum absolute atomic E-state index is 13.1. The molecule has 3 heterocycles. The lowest BCUT2D eigenvalue weighted by Gasteiger charge is -2.47. The van der Waals surface area contributed by atoms with Crippen LogP contribution in [0.15, 0.2) is 48.5 Å². The molecule has 5 nitrogen and oxygen atoms in total. The van der Waals surface area contributed by atoms with Gasteiger partial charge >= 0.3 is 0 Å². The molecule has 2 aromatic rings. The van der Waals surface area contributed by atoms with E-state index in [4.69, 9.17) is 9.47 Å². The van der Waals surface area contributed by atoms with Crippen molar-refractivity contribution in [1.82, 2.24) is 4.90 Å². The minimum Gasteiger partial charge on any atom is -0.375 e. The van der Waals surface area contributed by atoms with Crippen LogP contribution in [0.25, 0.3) is 0 Å². The molecule has 3 aliphatic rings. The third kappa shape index (κ3) is 4.29. The monoisotopic (exact) mass is 448 g/mol. The van der Waals surface area contributed by atoms with Gasteiger partial charge in [-0.05, 0) is 72.9 Å². The zero-order valence-electron chi connectivity index (χ0n) is 20.0. The van der Waals surface area contributed by atoms with Gasteiger partial charge in [0.15, 0.2) is 0 Å². The van der Waals surface area contributed by atoms with Gasteiger partial charge in [0.2, 0.25) is 0 Å². The van der Waals surface area contributed by atoms with Crippen LogP contribution in [0.4, 0.5) is 5.69 Å². The van der Waals surface area contributed by atoms with Crippen molar-refractivity contribution in [3.8, 4) is 0 Å². The maximum atomic E-state index is 13.1. The van der Waals surface area contributed by atoms with E-state index in [0.717, 1.165) is 56.6 Å². The molecule has 3 saturated heterocycles. The Morgan fingerprint density at radius 3 is 2.03 bits per heavy atom. The Balaban J connectivity index is 1.15. The van der Waals surface area contributed by atoms with Gasteiger partial charge in [0.05, 0.1) is 13.2 Å². The molecule has 0 radical (unpaired) electrons. The summed E-state index contributed by atoms with van der Waals surface area (Å²) in [6.45, 7) is 7.31. The molecule has 0 unspecified atom stereocenters. The Labute approximate surface area is 197 Å². The van der Waals surface area contributed by atoms with E-state index in [2.05, 4.69) is 41.0 Å². The van der Waals surface area contributed by atoms with E-state index in [1.807, 2.05) is 24.3 Å². The Morgan fingerprint density at radius 1 is 0.909 bits per heavy atom. The van der Waals surface area contributed by atoms with Crippen LogP contribution in [0.2, 0.25) is 0 Å². The van der Waals surface area contributed by atoms with Crippen LogP contribution in [-0.2, 0) is 21.5 Å². The second-order valence-corrected chi connectivity index (χ2v) is 10.1. The number of rotatable bonds is 5. The number of methoxy groups -OCH3 is 1. The van der Waals surface area contributed by atoms with Gasteiger partial charge in [0.1, 0.15) is 5.60 Å². The summed E-state index contributed by atoms with van der Waals surface area (Å²) in [6.07, 6.45) is 5.76. The number of piperidine rings is 2. The molecule has 0 aliphatic carbocycles. The lowest BCUT2D eigenvalue weighted by molar-refractivity contribution is -0.202. The fourth-order valence-corrected chi connectivity index (χ4v) is 5.65. The summed E-state index contributed by atoms with van der Waals surface area (Å²) in [7, 11) is 1.72. The summed E-state index contributed by atoms with van der Waals surface area (Å²) in [6, 6.07) is 17.0. The lowest BCUT2D eigenvalue weighted by atomic mass is 9.71. The van der Waals surface area contributed by atoms with Gasteiger partial charge < -0.3 is 19.3 Å². The molecule has 1 spiro atoms. The fraction of sp³-hybridized carbons (Fsp3) is 0.536. The number of benzene rings is 2. The van der Waals surface area contributed by atoms with E-state index in [1.54, 1.807) is 7.11 Å². The summed E-state index contributed by atoms with van der Waals surface area (Å²) in [4.78, 5) is 17.7. The first-order chi connectivity index (χ1) is 16.1. The van der Waals surface area contributed by atoms with Crippen molar-refractivity contribution in [2.24, 2.45) is 5.41 Å². The number of carbonyl (C=O) groups is 1. The van der Waals surface area contributed by atoms with Crippen LogP contribution in [0.3, 0.4) is 0 Å². The number of ether oxygens (including phenoxy) is 2. The topological polar surface area (TPSA) is 42.0 Å². The van der Waals surface area contributed by atoms with Crippen LogP contribution >= 0.6 is 0 Å². The van der Waals surface area contributed by atoms with Gasteiger partial charge in [-0.2, -0.15) is 0 Å². The van der Waals surface area contributed by atoms with Gasteiger partial charge in [-0.25, -0.2) is 0 Å². The molecule has 2 aromatic carbocycles. The van der Waals surface area contributed by atoms with Crippen molar-refractivity contribution >= 4 is 11.6 Å². The predicted octanol–water partition coefficient (Wildman–Crippen LogP) is 4.64. The predicted molar refractivity (Wildman–Crippen MR) is 131 cm³/mol. The summed E-state index contributed by atoms with van der Waals surface area (Å²) < 4.78 is 11.0. The number of anilines is 1. The summed E-state index contributed by atoms with van der Waals surface area (Å²) in [5.74, 6) is 0.154. The smallest absolute Gasteiger partial charge is 0.253 e. The first-order valence-electron chi connectivity index (χ1n) is 12.4. The number of nitrogens with zero attached hydrogens (tertiary/aromatic N) is 2. The number of carbonyl (C=O) groups excluding carboxylic acids is 1. The third-order valence-electron chi connectivity index (χ3n) is 8.36. The largest absolute Gasteiger partial charge is 0.375 e. The zero-order chi connectivity index (χ0) is 22.9. The summed E-state index contributed by atoms with van der Waals surface area (Å²) >= 11 is 0. The minimum atomic E-state index is -0.341. The highest BCUT2D eigenvalue weighted by Crippen LogP contribution is 2.42. The van der Waals surface area contributed by atoms with Crippen LogP contribution in [0, 0.1) is 5.41 Å². The Kier molecular flexibility index (Phi) is 6.19. The maximum Gasteiger partial charge on any atom is 0.253 e. The molecule has 3 fully saturated rings. The van der Waals surface area contributed by atoms with Gasteiger partial charge in [-0.3, -0.25) is 4.79 Å². The Hall–Kier alpha value is -2.37. The first kappa shape index (κ1) is 22.4. The standard InChI is InChI=1S/C28H36N2O3/c1-3-22-4-10-25(11-5-22)29-16-12-27(13-17-29)14-18-30(19-15-27)26(31)23-6-8-24(9-7-23)28(32-2)20-33-21-28/h4-11H,3,12-21H2,1-2H3. The molecule has 0 saturated carbocycles. The molecule has 0 bridgehead atoms. The van der Waals surface area contributed by atoms with Crippen molar-refractivity contribution < 1.29 is 14.3 Å². The molecule has 33 heavy (non-hydrogen) atoms. The van der Waals surface area contributed by atoms with Gasteiger partial charge in [0, 0.05) is 44.5 Å². The highest BCUT2D eigenvalue weighted by atomic mass is 16.6. The summed E-state index contributed by atoms with van der Waals surface area (Å²) in [5, 5.41) is 0. The average Bonchev–Trinajstić information content (AvgIpc) is 2.85. The number of aryl methyl sites for hydroxylation is 1. The Bertz CT molecular complexity index is 942. The van der Waals surface area contributed by atoms with E-state index in [-0.39, 0.29) is 11.5 Å². The molecule has 5 heteroatoms. The van der Waals surface area contributed by atoms with Crippen LogP contribution < -0.4 is 4.90 Å². The van der Waals surface area contributed by atoms with Gasteiger partial charge in [-0.15, -0.1) is 0 Å². The highest BCUT2D eigenvalue weighted by molar-refractivity contribution is 5.94. The molecule has 0 atom stereocenters. The normalized spacial score (nSPS) is 21.6. The van der Waals surface area contributed by atoms with Gasteiger partial charge in [0.25, 0.3) is 5.91 Å². The van der Waals surface area contributed by atoms with Crippen molar-refractivity contribution in [1.29, 1.82) is 0 Å². The zero-order valence-corrected chi connectivity index (χ0v) is 20.0. The lowest BCUT2D eigenvalue weighted by Crippen LogP contribution is -2.48. The third-order valence-corrected chi connectivity index (χ3v) is 8.36. The molecule has 1 amide bonds. The average molecular weight is 449 g/mol. The van der Waals surface area contributed by atoms with Crippen LogP contribution in [0.1, 0.15) is 54.1 Å². The Morgan fingerprint density at radius 2 is 1.52 bits per heavy atom. The first-order valence-corrected chi connectivity index (χ1v) is 12.4. The van der Waals surface area contributed by atoms with Crippen molar-refractivity contribution in [2.75, 3.05) is 51.4 Å². The molecule has 0 aromatic heterocycles. The van der Waals surface area contributed by atoms with E-state index in [0.29, 0.717) is 18.6 Å². The number of hydrogen-bond acceptors (Lipinski definition) is 4. The number of amides is 1. The number of hydrogen-bond donors (Lipinski definition) is 0. The SMILES string of the molecule is CCc1ccc(N2CCC3(CCN(C(=O)c4ccc(C5(OC)COC5)cc4)CC3)CC2)cc1. The van der Waals surface area contributed by atoms with Crippen LogP contribution in [-0.4, -0.2) is 57.3 Å². The van der Waals surface area contributed by atoms with Crippen molar-refractivity contribution in [3.63, 3.8) is 0 Å². The molecular weight excluding hydrogens is 412 g/mol. The minimum absolute atomic E-state index is 0.154. The molecule has 0 N–H and O–H groups in total. The number of likely N-dealkylation sites (tertiary alicyclic amines) is 1. The van der Waals surface area contributed by atoms with Crippen molar-refractivity contribution in [2.45, 2.75) is 44.6 Å². The van der Waals surface area contributed by atoms with Crippen molar-refractivity contribution in [3.05, 3.63) is 65.2 Å². The van der Waals surface area contributed by atoms with Crippen LogP contribution in [0.5, 0.6) is 0 Å².